The molecule has 1 aliphatic heterocycles. The van der Waals surface area contributed by atoms with Crippen molar-refractivity contribution >= 4 is 17.8 Å². The maximum absolute atomic E-state index is 12.2. The van der Waals surface area contributed by atoms with Crippen LogP contribution in [0, 0.1) is 13.8 Å². The Labute approximate surface area is 130 Å². The number of hydrogen-bond acceptors (Lipinski definition) is 5. The van der Waals surface area contributed by atoms with Gasteiger partial charge in [-0.3, -0.25) is 14.4 Å². The highest BCUT2D eigenvalue weighted by Gasteiger charge is 2.39. The first-order valence-electron chi connectivity index (χ1n) is 6.81. The van der Waals surface area contributed by atoms with Gasteiger partial charge in [0.05, 0.1) is 11.1 Å². The molecule has 1 aromatic carbocycles. The maximum atomic E-state index is 12.2. The molecule has 1 aromatic heterocycles. The molecule has 0 radical (unpaired) electrons. The molecule has 7 nitrogen and oxygen atoms in total. The Morgan fingerprint density at radius 1 is 1.04 bits per heavy atom. The van der Waals surface area contributed by atoms with Crippen molar-refractivity contribution in [2.75, 3.05) is 0 Å². The fraction of sp³-hybridized carbons (Fsp3) is 0.125. The van der Waals surface area contributed by atoms with Crippen LogP contribution in [-0.4, -0.2) is 27.8 Å². The molecule has 116 valence electrons. The minimum atomic E-state index is -1.06. The van der Waals surface area contributed by atoms with Gasteiger partial charge in [0.2, 0.25) is 0 Å². The van der Waals surface area contributed by atoms with Crippen molar-refractivity contribution < 1.29 is 19.2 Å². The number of nitrogens with zero attached hydrogens (tertiary/aromatic N) is 1. The number of benzene rings is 1. The first-order chi connectivity index (χ1) is 10.9. The molecule has 0 aliphatic carbocycles. The Kier molecular flexibility index (Phi) is 3.33. The second-order valence-electron chi connectivity index (χ2n) is 5.17. The first kappa shape index (κ1) is 14.7. The van der Waals surface area contributed by atoms with Gasteiger partial charge in [-0.2, -0.15) is 0 Å². The Morgan fingerprint density at radius 3 is 2.13 bits per heavy atom. The summed E-state index contributed by atoms with van der Waals surface area (Å²) < 4.78 is 0. The third-order valence-electron chi connectivity index (χ3n) is 3.50. The van der Waals surface area contributed by atoms with E-state index in [1.165, 1.54) is 12.1 Å². The summed E-state index contributed by atoms with van der Waals surface area (Å²) in [5.74, 6) is -2.53. The number of H-pyrrole nitrogens is 1. The van der Waals surface area contributed by atoms with Crippen LogP contribution in [0.15, 0.2) is 35.1 Å². The normalized spacial score (nSPS) is 13.2. The molecule has 1 aliphatic rings. The number of pyridine rings is 1. The minimum absolute atomic E-state index is 0.153. The number of fused-ring (bicyclic) bond motifs is 1. The highest BCUT2D eigenvalue weighted by atomic mass is 16.7. The van der Waals surface area contributed by atoms with E-state index in [9.17, 15) is 19.2 Å². The Bertz CT molecular complexity index is 878. The minimum Gasteiger partial charge on any atom is -0.326 e. The number of amides is 2. The molecular weight excluding hydrogens is 300 g/mol. The third-order valence-corrected chi connectivity index (χ3v) is 3.50. The zero-order valence-electron chi connectivity index (χ0n) is 12.4. The summed E-state index contributed by atoms with van der Waals surface area (Å²) in [7, 11) is 0. The molecule has 2 heterocycles. The predicted octanol–water partition coefficient (Wildman–Crippen LogP) is 1.36. The van der Waals surface area contributed by atoms with E-state index in [0.717, 1.165) is 0 Å². The summed E-state index contributed by atoms with van der Waals surface area (Å²) in [6.07, 6.45) is 0. The molecule has 2 amide bonds. The van der Waals surface area contributed by atoms with E-state index in [4.69, 9.17) is 4.84 Å². The molecule has 7 heteroatoms. The SMILES string of the molecule is Cc1cc(C)c(C(=O)ON2C(=O)c3ccccc3C2=O)c(=O)[nH]1. The average molecular weight is 312 g/mol. The van der Waals surface area contributed by atoms with Gasteiger partial charge in [-0.15, -0.1) is 0 Å². The number of nitrogens with one attached hydrogen (secondary N) is 1. The fourth-order valence-electron chi connectivity index (χ4n) is 2.49. The zero-order chi connectivity index (χ0) is 16.7. The van der Waals surface area contributed by atoms with Gasteiger partial charge in [0.25, 0.3) is 17.4 Å². The number of rotatable bonds is 2. The van der Waals surface area contributed by atoms with Crippen molar-refractivity contribution in [2.45, 2.75) is 13.8 Å². The van der Waals surface area contributed by atoms with Crippen LogP contribution in [0.1, 0.15) is 42.3 Å². The van der Waals surface area contributed by atoms with E-state index < -0.39 is 23.3 Å². The van der Waals surface area contributed by atoms with Gasteiger partial charge in [0, 0.05) is 5.69 Å². The van der Waals surface area contributed by atoms with E-state index in [1.807, 2.05) is 0 Å². The standard InChI is InChI=1S/C16H12N2O5/c1-8-7-9(2)17-13(19)12(8)16(22)23-18-14(20)10-5-3-4-6-11(10)15(18)21/h3-7H,1-2H3,(H,17,19). The Morgan fingerprint density at radius 2 is 1.61 bits per heavy atom. The third kappa shape index (κ3) is 2.32. The van der Waals surface area contributed by atoms with Gasteiger partial charge in [0.15, 0.2) is 0 Å². The van der Waals surface area contributed by atoms with E-state index in [-0.39, 0.29) is 16.7 Å². The molecule has 1 N–H and O–H groups in total. The Hall–Kier alpha value is -3.22. The van der Waals surface area contributed by atoms with Crippen molar-refractivity contribution in [2.24, 2.45) is 0 Å². The Balaban J connectivity index is 1.93. The van der Waals surface area contributed by atoms with Crippen LogP contribution in [-0.2, 0) is 4.84 Å². The van der Waals surface area contributed by atoms with Gasteiger partial charge in [0.1, 0.15) is 5.56 Å². The molecule has 3 rings (SSSR count). The van der Waals surface area contributed by atoms with Crippen molar-refractivity contribution in [3.05, 3.63) is 68.6 Å². The lowest BCUT2D eigenvalue weighted by Gasteiger charge is -2.13. The lowest BCUT2D eigenvalue weighted by Crippen LogP contribution is -2.35. The van der Waals surface area contributed by atoms with Crippen LogP contribution in [0.4, 0.5) is 0 Å². The smallest absolute Gasteiger partial charge is 0.326 e. The molecule has 0 fully saturated rings. The van der Waals surface area contributed by atoms with Crippen molar-refractivity contribution in [3.63, 3.8) is 0 Å². The monoisotopic (exact) mass is 312 g/mol. The number of aromatic nitrogens is 1. The average Bonchev–Trinajstić information content (AvgIpc) is 2.72. The van der Waals surface area contributed by atoms with Gasteiger partial charge >= 0.3 is 5.97 Å². The van der Waals surface area contributed by atoms with Crippen LogP contribution in [0.2, 0.25) is 0 Å². The van der Waals surface area contributed by atoms with Crippen molar-refractivity contribution in [3.8, 4) is 0 Å². The molecule has 23 heavy (non-hydrogen) atoms. The molecule has 2 aromatic rings. The van der Waals surface area contributed by atoms with Crippen LogP contribution in [0.5, 0.6) is 0 Å². The zero-order valence-corrected chi connectivity index (χ0v) is 12.4. The number of hydroxylamine groups is 2. The number of hydrogen-bond donors (Lipinski definition) is 1. The van der Waals surface area contributed by atoms with Gasteiger partial charge in [-0.05, 0) is 37.6 Å². The van der Waals surface area contributed by atoms with E-state index in [2.05, 4.69) is 4.98 Å². The lowest BCUT2D eigenvalue weighted by atomic mass is 10.1. The predicted molar refractivity (Wildman–Crippen MR) is 78.9 cm³/mol. The summed E-state index contributed by atoms with van der Waals surface area (Å²) in [5, 5.41) is 0.381. The van der Waals surface area contributed by atoms with Crippen LogP contribution in [0.25, 0.3) is 0 Å². The summed E-state index contributed by atoms with van der Waals surface area (Å²) in [6, 6.07) is 7.73. The number of aryl methyl sites for hydroxylation is 2. The number of aromatic amines is 1. The number of imide groups is 1. The maximum Gasteiger partial charge on any atom is 0.369 e. The highest BCUT2D eigenvalue weighted by Crippen LogP contribution is 2.23. The van der Waals surface area contributed by atoms with Gasteiger partial charge in [-0.25, -0.2) is 4.79 Å². The molecule has 0 saturated heterocycles. The topological polar surface area (TPSA) is 96.5 Å². The summed E-state index contributed by atoms with van der Waals surface area (Å²) >= 11 is 0. The van der Waals surface area contributed by atoms with Crippen LogP contribution < -0.4 is 5.56 Å². The van der Waals surface area contributed by atoms with Crippen molar-refractivity contribution in [1.82, 2.24) is 10.0 Å². The highest BCUT2D eigenvalue weighted by molar-refractivity contribution is 6.21. The second-order valence-corrected chi connectivity index (χ2v) is 5.17. The lowest BCUT2D eigenvalue weighted by molar-refractivity contribution is -0.0586. The van der Waals surface area contributed by atoms with Crippen LogP contribution >= 0.6 is 0 Å². The van der Waals surface area contributed by atoms with E-state index in [1.54, 1.807) is 32.0 Å². The first-order valence-corrected chi connectivity index (χ1v) is 6.81. The largest absolute Gasteiger partial charge is 0.369 e. The van der Waals surface area contributed by atoms with Gasteiger partial charge in [-0.1, -0.05) is 17.2 Å². The van der Waals surface area contributed by atoms with Gasteiger partial charge < -0.3 is 9.82 Å². The number of carbonyl (C=O) groups excluding carboxylic acids is 3. The molecule has 0 bridgehead atoms. The number of carbonyl (C=O) groups is 3. The molecule has 0 spiro atoms. The van der Waals surface area contributed by atoms with E-state index >= 15 is 0 Å². The fourth-order valence-corrected chi connectivity index (χ4v) is 2.49. The molecule has 0 saturated carbocycles. The van der Waals surface area contributed by atoms with Crippen molar-refractivity contribution in [1.29, 1.82) is 0 Å². The summed E-state index contributed by atoms with van der Waals surface area (Å²) in [4.78, 5) is 55.8. The molecule has 0 atom stereocenters. The quantitative estimate of drug-likeness (QED) is 0.845. The second kappa shape index (κ2) is 5.20. The molecule has 0 unspecified atom stereocenters. The summed E-state index contributed by atoms with van der Waals surface area (Å²) in [5.41, 5.74) is 0.411. The molecular formula is C16H12N2O5. The van der Waals surface area contributed by atoms with Crippen LogP contribution in [0.3, 0.4) is 0 Å². The van der Waals surface area contributed by atoms with E-state index in [0.29, 0.717) is 16.3 Å². The summed E-state index contributed by atoms with van der Waals surface area (Å²) in [6.45, 7) is 3.24.